The summed E-state index contributed by atoms with van der Waals surface area (Å²) in [5.74, 6) is 3.66. The first-order valence-electron chi connectivity index (χ1n) is 7.83. The zero-order valence-electron chi connectivity index (χ0n) is 12.5. The lowest BCUT2D eigenvalue weighted by Gasteiger charge is -2.37. The van der Waals surface area contributed by atoms with Gasteiger partial charge in [-0.3, -0.25) is 4.79 Å². The van der Waals surface area contributed by atoms with Crippen LogP contribution >= 0.6 is 11.8 Å². The molecule has 7 heteroatoms. The first-order chi connectivity index (χ1) is 10.2. The average Bonchev–Trinajstić information content (AvgIpc) is 3.03. The highest BCUT2D eigenvalue weighted by Crippen LogP contribution is 2.35. The van der Waals surface area contributed by atoms with Gasteiger partial charge in [-0.2, -0.15) is 17.0 Å². The molecule has 2 N–H and O–H groups in total. The van der Waals surface area contributed by atoms with Crippen LogP contribution in [0.4, 0.5) is 0 Å². The molecule has 1 aromatic rings. The lowest BCUT2D eigenvalue weighted by molar-refractivity contribution is -0.128. The minimum atomic E-state index is -0.421. The summed E-state index contributed by atoms with van der Waals surface area (Å²) in [6.07, 6.45) is 6.17. The molecule has 6 nitrogen and oxygen atoms in total. The second-order valence-corrected chi connectivity index (χ2v) is 7.61. The number of rotatable bonds is 3. The highest BCUT2D eigenvalue weighted by atomic mass is 32.2. The number of H-pyrrole nitrogens is 1. The number of hydrogen-bond donors (Lipinski definition) is 2. The van der Waals surface area contributed by atoms with Crippen molar-refractivity contribution >= 4 is 17.7 Å². The fourth-order valence-corrected chi connectivity index (χ4v) is 4.69. The molecule has 2 aliphatic rings. The van der Waals surface area contributed by atoms with E-state index in [9.17, 15) is 4.79 Å². The highest BCUT2D eigenvalue weighted by molar-refractivity contribution is 7.99. The van der Waals surface area contributed by atoms with Gasteiger partial charge in [0.1, 0.15) is 5.54 Å². The largest absolute Gasteiger partial charge is 0.343 e. The van der Waals surface area contributed by atoms with Crippen molar-refractivity contribution in [3.05, 3.63) is 5.82 Å². The summed E-state index contributed by atoms with van der Waals surface area (Å²) < 4.78 is 0. The summed E-state index contributed by atoms with van der Waals surface area (Å²) in [5.41, 5.74) is -0.421. The van der Waals surface area contributed by atoms with Crippen molar-refractivity contribution in [2.45, 2.75) is 51.0 Å². The van der Waals surface area contributed by atoms with Crippen LogP contribution in [-0.2, 0) is 10.3 Å². The van der Waals surface area contributed by atoms with Crippen molar-refractivity contribution in [2.75, 3.05) is 11.5 Å². The van der Waals surface area contributed by atoms with Gasteiger partial charge in [-0.25, -0.2) is 0 Å². The molecule has 0 aromatic carbocycles. The van der Waals surface area contributed by atoms with Crippen LogP contribution in [0.2, 0.25) is 0 Å². The van der Waals surface area contributed by atoms with E-state index in [1.54, 1.807) is 0 Å². The van der Waals surface area contributed by atoms with Crippen LogP contribution < -0.4 is 5.32 Å². The van der Waals surface area contributed by atoms with Gasteiger partial charge in [0.15, 0.2) is 5.82 Å². The summed E-state index contributed by atoms with van der Waals surface area (Å²) >= 11 is 1.92. The maximum Gasteiger partial charge on any atom is 0.223 e. The van der Waals surface area contributed by atoms with Crippen molar-refractivity contribution < 1.29 is 4.79 Å². The molecule has 2 fully saturated rings. The monoisotopic (exact) mass is 309 g/mol. The minimum Gasteiger partial charge on any atom is -0.343 e. The van der Waals surface area contributed by atoms with Gasteiger partial charge in [0, 0.05) is 5.92 Å². The van der Waals surface area contributed by atoms with Gasteiger partial charge in [-0.15, -0.1) is 10.2 Å². The van der Waals surface area contributed by atoms with Gasteiger partial charge in [-0.1, -0.05) is 25.0 Å². The van der Waals surface area contributed by atoms with Crippen LogP contribution in [0, 0.1) is 11.8 Å². The average molecular weight is 309 g/mol. The molecule has 1 amide bonds. The number of nitrogens with one attached hydrogen (secondary N) is 2. The smallest absolute Gasteiger partial charge is 0.223 e. The topological polar surface area (TPSA) is 83.6 Å². The molecule has 1 aliphatic heterocycles. The maximum absolute atomic E-state index is 12.7. The number of tetrazole rings is 1. The van der Waals surface area contributed by atoms with Crippen LogP contribution in [0.3, 0.4) is 0 Å². The number of amides is 1. The van der Waals surface area contributed by atoms with Crippen molar-refractivity contribution in [2.24, 2.45) is 11.8 Å². The molecule has 1 aromatic heterocycles. The number of carbonyl (C=O) groups excluding carboxylic acids is 1. The van der Waals surface area contributed by atoms with Gasteiger partial charge in [-0.05, 0) is 43.1 Å². The molecule has 1 saturated carbocycles. The van der Waals surface area contributed by atoms with Crippen molar-refractivity contribution in [1.82, 2.24) is 25.9 Å². The van der Waals surface area contributed by atoms with Gasteiger partial charge < -0.3 is 5.32 Å². The van der Waals surface area contributed by atoms with Crippen LogP contribution in [-0.4, -0.2) is 38.0 Å². The van der Waals surface area contributed by atoms with Crippen molar-refractivity contribution in [3.63, 3.8) is 0 Å². The first-order valence-corrected chi connectivity index (χ1v) is 8.99. The third-order valence-electron chi connectivity index (χ3n) is 4.79. The third-order valence-corrected chi connectivity index (χ3v) is 5.77. The lowest BCUT2D eigenvalue weighted by atomic mass is 9.81. The first kappa shape index (κ1) is 14.8. The highest BCUT2D eigenvalue weighted by Gasteiger charge is 2.41. The normalized spacial score (nSPS) is 29.0. The molecule has 0 bridgehead atoms. The van der Waals surface area contributed by atoms with Gasteiger partial charge in [0.25, 0.3) is 0 Å². The molecular weight excluding hydrogens is 286 g/mol. The fourth-order valence-electron chi connectivity index (χ4n) is 3.50. The Morgan fingerprint density at radius 2 is 2.19 bits per heavy atom. The van der Waals surface area contributed by atoms with Crippen LogP contribution in [0.15, 0.2) is 0 Å². The van der Waals surface area contributed by atoms with E-state index >= 15 is 0 Å². The molecule has 1 saturated heterocycles. The molecule has 116 valence electrons. The van der Waals surface area contributed by atoms with Crippen molar-refractivity contribution in [1.29, 1.82) is 0 Å². The van der Waals surface area contributed by atoms with Crippen LogP contribution in [0.25, 0.3) is 0 Å². The quantitative estimate of drug-likeness (QED) is 0.890. The summed E-state index contributed by atoms with van der Waals surface area (Å²) in [5, 5.41) is 17.8. The Labute approximate surface area is 129 Å². The van der Waals surface area contributed by atoms with Crippen LogP contribution in [0.1, 0.15) is 51.3 Å². The summed E-state index contributed by atoms with van der Waals surface area (Å²) in [4.78, 5) is 12.7. The summed E-state index contributed by atoms with van der Waals surface area (Å²) in [7, 11) is 0. The van der Waals surface area contributed by atoms with Gasteiger partial charge in [0.05, 0.1) is 0 Å². The molecule has 0 radical (unpaired) electrons. The summed E-state index contributed by atoms with van der Waals surface area (Å²) in [6.45, 7) is 2.24. The van der Waals surface area contributed by atoms with E-state index in [0.29, 0.717) is 11.7 Å². The molecular formula is C14H23N5OS. The Bertz CT molecular complexity index is 472. The predicted molar refractivity (Wildman–Crippen MR) is 81.7 cm³/mol. The predicted octanol–water partition coefficient (Wildman–Crippen LogP) is 1.86. The number of thioether (sulfide) groups is 1. The Morgan fingerprint density at radius 3 is 2.86 bits per heavy atom. The molecule has 0 spiro atoms. The Balaban J connectivity index is 1.74. The van der Waals surface area contributed by atoms with E-state index in [0.717, 1.165) is 43.6 Å². The molecule has 21 heavy (non-hydrogen) atoms. The van der Waals surface area contributed by atoms with E-state index in [2.05, 4.69) is 32.9 Å². The van der Waals surface area contributed by atoms with Crippen molar-refractivity contribution in [3.8, 4) is 0 Å². The molecule has 2 atom stereocenters. The second kappa shape index (κ2) is 6.34. The number of carbonyl (C=O) groups is 1. The van der Waals surface area contributed by atoms with E-state index in [1.165, 1.54) is 6.42 Å². The molecule has 2 unspecified atom stereocenters. The number of aromatic amines is 1. The molecule has 3 rings (SSSR count). The second-order valence-electron chi connectivity index (χ2n) is 6.39. The fraction of sp³-hybridized carbons (Fsp3) is 0.857. The Hall–Kier alpha value is -1.11. The van der Waals surface area contributed by atoms with E-state index in [4.69, 9.17) is 0 Å². The summed E-state index contributed by atoms with van der Waals surface area (Å²) in [6, 6.07) is 0. The van der Waals surface area contributed by atoms with Crippen LogP contribution in [0.5, 0.6) is 0 Å². The number of nitrogens with zero attached hydrogens (tertiary/aromatic N) is 3. The maximum atomic E-state index is 12.7. The number of aromatic nitrogens is 4. The van der Waals surface area contributed by atoms with Gasteiger partial charge >= 0.3 is 0 Å². The number of hydrogen-bond acceptors (Lipinski definition) is 5. The van der Waals surface area contributed by atoms with Gasteiger partial charge in [0.2, 0.25) is 5.91 Å². The van der Waals surface area contributed by atoms with E-state index < -0.39 is 5.54 Å². The van der Waals surface area contributed by atoms with E-state index in [-0.39, 0.29) is 11.8 Å². The zero-order valence-corrected chi connectivity index (χ0v) is 13.3. The lowest BCUT2D eigenvalue weighted by Crippen LogP contribution is -2.51. The van der Waals surface area contributed by atoms with E-state index in [1.807, 2.05) is 11.8 Å². The Morgan fingerprint density at radius 1 is 1.38 bits per heavy atom. The third kappa shape index (κ3) is 3.22. The zero-order chi connectivity index (χ0) is 14.7. The molecule has 2 heterocycles. The minimum absolute atomic E-state index is 0.145. The standard InChI is InChI=1S/C14H23N5OS/c1-10-3-2-4-11(9-10)12(20)15-14(5-7-21-8-6-14)13-16-18-19-17-13/h10-11H,2-9H2,1H3,(H,15,20)(H,16,17,18,19). The Kier molecular flexibility index (Phi) is 4.47. The molecule has 1 aliphatic carbocycles. The SMILES string of the molecule is CC1CCCC(C(=O)NC2(c3nn[nH]n3)CCSCC2)C1.